The van der Waals surface area contributed by atoms with Crippen molar-refractivity contribution in [3.8, 4) is 11.3 Å². The van der Waals surface area contributed by atoms with E-state index in [4.69, 9.17) is 15.2 Å². The fraction of sp³-hybridized carbons (Fsp3) is 0.407. The molecule has 5 rings (SSSR count). The number of anilines is 1. The number of aromatic nitrogens is 5. The summed E-state index contributed by atoms with van der Waals surface area (Å²) in [5.74, 6) is 1.23. The summed E-state index contributed by atoms with van der Waals surface area (Å²) in [7, 11) is 1.66. The lowest BCUT2D eigenvalue weighted by Gasteiger charge is -2.31. The van der Waals surface area contributed by atoms with Gasteiger partial charge in [-0.15, -0.1) is 0 Å². The number of nitrogens with zero attached hydrogens (tertiary/aromatic N) is 6. The maximum Gasteiger partial charge on any atom is 0.332 e. The number of allylic oxidation sites excluding steroid dienone is 2. The number of nitrogens with two attached hydrogens (primary N) is 1. The molecule has 0 saturated carbocycles. The van der Waals surface area contributed by atoms with Gasteiger partial charge in [0.05, 0.1) is 6.54 Å². The van der Waals surface area contributed by atoms with Crippen LogP contribution in [0.4, 0.5) is 5.95 Å². The van der Waals surface area contributed by atoms with Crippen molar-refractivity contribution in [1.29, 1.82) is 0 Å². The second-order valence-electron chi connectivity index (χ2n) is 9.99. The van der Waals surface area contributed by atoms with Crippen LogP contribution in [-0.4, -0.2) is 43.0 Å². The molecule has 1 aromatic carbocycles. The van der Waals surface area contributed by atoms with Crippen LogP contribution in [0, 0.1) is 6.92 Å². The van der Waals surface area contributed by atoms with Crippen molar-refractivity contribution < 1.29 is 4.52 Å². The van der Waals surface area contributed by atoms with E-state index in [1.165, 1.54) is 9.13 Å². The predicted molar refractivity (Wildman–Crippen MR) is 144 cm³/mol. The SMILES string of the molecule is CC(C)=CCn1c(N2CCCC(N)C2)nc2c1c(=O)n(Cc1c(-c3ccccc3)noc1C)c(=O)n2C. The van der Waals surface area contributed by atoms with Gasteiger partial charge in [-0.3, -0.25) is 13.9 Å². The number of hydrogen-bond acceptors (Lipinski definition) is 7. The second-order valence-corrected chi connectivity index (χ2v) is 9.99. The average molecular weight is 504 g/mol. The molecule has 10 nitrogen and oxygen atoms in total. The normalized spacial score (nSPS) is 15.9. The number of benzene rings is 1. The number of aryl methyl sites for hydroxylation is 2. The second kappa shape index (κ2) is 9.85. The van der Waals surface area contributed by atoms with Crippen molar-refractivity contribution >= 4 is 17.1 Å². The highest BCUT2D eigenvalue weighted by atomic mass is 16.5. The molecule has 3 aromatic heterocycles. The Morgan fingerprint density at radius 2 is 1.95 bits per heavy atom. The summed E-state index contributed by atoms with van der Waals surface area (Å²) in [5, 5.41) is 4.22. The minimum Gasteiger partial charge on any atom is -0.361 e. The molecule has 10 heteroatoms. The molecule has 0 spiro atoms. The van der Waals surface area contributed by atoms with Crippen LogP contribution < -0.4 is 21.9 Å². The first-order valence-electron chi connectivity index (χ1n) is 12.6. The molecular formula is C27H33N7O3. The maximum atomic E-state index is 14.0. The Balaban J connectivity index is 1.70. The molecule has 1 aliphatic rings. The predicted octanol–water partition coefficient (Wildman–Crippen LogP) is 2.80. The molecule has 1 unspecified atom stereocenters. The topological polar surface area (TPSA) is 117 Å². The summed E-state index contributed by atoms with van der Waals surface area (Å²) in [5.41, 5.74) is 9.50. The Kier molecular flexibility index (Phi) is 6.59. The van der Waals surface area contributed by atoms with Crippen LogP contribution in [0.25, 0.3) is 22.4 Å². The smallest absolute Gasteiger partial charge is 0.332 e. The number of imidazole rings is 1. The van der Waals surface area contributed by atoms with E-state index < -0.39 is 5.69 Å². The van der Waals surface area contributed by atoms with Crippen molar-refractivity contribution in [3.05, 3.63) is 74.1 Å². The zero-order valence-corrected chi connectivity index (χ0v) is 21.8. The van der Waals surface area contributed by atoms with E-state index in [9.17, 15) is 9.59 Å². The molecule has 0 amide bonds. The van der Waals surface area contributed by atoms with Gasteiger partial charge in [-0.2, -0.15) is 4.98 Å². The van der Waals surface area contributed by atoms with Gasteiger partial charge in [0.2, 0.25) is 5.95 Å². The van der Waals surface area contributed by atoms with Gasteiger partial charge in [-0.1, -0.05) is 47.1 Å². The molecule has 0 radical (unpaired) electrons. The first-order valence-corrected chi connectivity index (χ1v) is 12.6. The summed E-state index contributed by atoms with van der Waals surface area (Å²) in [4.78, 5) is 34.4. The Morgan fingerprint density at radius 3 is 2.65 bits per heavy atom. The monoisotopic (exact) mass is 503 g/mol. The lowest BCUT2D eigenvalue weighted by atomic mass is 10.1. The quantitative estimate of drug-likeness (QED) is 0.402. The molecular weight excluding hydrogens is 470 g/mol. The Hall–Kier alpha value is -3.92. The number of fused-ring (bicyclic) bond motifs is 1. The highest BCUT2D eigenvalue weighted by Gasteiger charge is 2.27. The molecule has 2 N–H and O–H groups in total. The zero-order chi connectivity index (χ0) is 26.3. The van der Waals surface area contributed by atoms with Gasteiger partial charge < -0.3 is 19.7 Å². The Labute approximate surface area is 214 Å². The van der Waals surface area contributed by atoms with Crippen LogP contribution >= 0.6 is 0 Å². The summed E-state index contributed by atoms with van der Waals surface area (Å²) < 4.78 is 10.1. The van der Waals surface area contributed by atoms with Crippen LogP contribution in [0.5, 0.6) is 0 Å². The standard InChI is InChI=1S/C27H33N7O3/c1-17(2)12-14-33-23-24(29-26(33)32-13-8-11-20(28)15-32)31(4)27(36)34(25(23)35)16-21-18(3)37-30-22(21)19-9-6-5-7-10-19/h5-7,9-10,12,20H,8,11,13-16,28H2,1-4H3. The van der Waals surface area contributed by atoms with E-state index >= 15 is 0 Å². The van der Waals surface area contributed by atoms with Crippen molar-refractivity contribution in [1.82, 2.24) is 23.8 Å². The minimum absolute atomic E-state index is 0.0404. The third-order valence-corrected chi connectivity index (χ3v) is 6.98. The molecule has 1 fully saturated rings. The molecule has 4 heterocycles. The van der Waals surface area contributed by atoms with Gasteiger partial charge in [-0.25, -0.2) is 4.79 Å². The maximum absolute atomic E-state index is 14.0. The van der Waals surface area contributed by atoms with Crippen molar-refractivity contribution in [2.45, 2.75) is 52.7 Å². The van der Waals surface area contributed by atoms with E-state index in [0.29, 0.717) is 47.2 Å². The van der Waals surface area contributed by atoms with E-state index in [1.807, 2.05) is 48.7 Å². The van der Waals surface area contributed by atoms with Crippen LogP contribution in [-0.2, 0) is 20.1 Å². The molecule has 1 aliphatic heterocycles. The summed E-state index contributed by atoms with van der Waals surface area (Å²) in [6, 6.07) is 9.64. The molecule has 37 heavy (non-hydrogen) atoms. The van der Waals surface area contributed by atoms with Gasteiger partial charge in [0, 0.05) is 43.9 Å². The van der Waals surface area contributed by atoms with Gasteiger partial charge in [0.15, 0.2) is 11.2 Å². The molecule has 1 saturated heterocycles. The third-order valence-electron chi connectivity index (χ3n) is 6.98. The highest BCUT2D eigenvalue weighted by Crippen LogP contribution is 2.26. The summed E-state index contributed by atoms with van der Waals surface area (Å²) in [6.07, 6.45) is 3.96. The summed E-state index contributed by atoms with van der Waals surface area (Å²) in [6.45, 7) is 7.79. The van der Waals surface area contributed by atoms with E-state index in [1.54, 1.807) is 14.0 Å². The van der Waals surface area contributed by atoms with Gasteiger partial charge in [-0.05, 0) is 33.6 Å². The van der Waals surface area contributed by atoms with Crippen molar-refractivity contribution in [3.63, 3.8) is 0 Å². The number of rotatable bonds is 6. The zero-order valence-electron chi connectivity index (χ0n) is 21.8. The molecule has 0 aliphatic carbocycles. The Morgan fingerprint density at radius 1 is 1.19 bits per heavy atom. The molecule has 4 aromatic rings. The Bertz CT molecular complexity index is 1590. The van der Waals surface area contributed by atoms with Gasteiger partial charge in [0.1, 0.15) is 11.5 Å². The van der Waals surface area contributed by atoms with Crippen LogP contribution in [0.3, 0.4) is 0 Å². The number of piperidine rings is 1. The average Bonchev–Trinajstić information content (AvgIpc) is 3.45. The van der Waals surface area contributed by atoms with Crippen LogP contribution in [0.15, 0.2) is 56.1 Å². The fourth-order valence-electron chi connectivity index (χ4n) is 4.94. The third kappa shape index (κ3) is 4.53. The highest BCUT2D eigenvalue weighted by molar-refractivity contribution is 5.75. The lowest BCUT2D eigenvalue weighted by molar-refractivity contribution is 0.397. The first kappa shape index (κ1) is 24.8. The molecule has 1 atom stereocenters. The molecule has 194 valence electrons. The van der Waals surface area contributed by atoms with Gasteiger partial charge >= 0.3 is 5.69 Å². The first-order chi connectivity index (χ1) is 17.8. The minimum atomic E-state index is -0.439. The number of hydrogen-bond donors (Lipinski definition) is 1. The van der Waals surface area contributed by atoms with Crippen molar-refractivity contribution in [2.75, 3.05) is 18.0 Å². The van der Waals surface area contributed by atoms with Crippen LogP contribution in [0.1, 0.15) is 38.0 Å². The largest absolute Gasteiger partial charge is 0.361 e. The van der Waals surface area contributed by atoms with E-state index in [-0.39, 0.29) is 18.1 Å². The fourth-order valence-corrected chi connectivity index (χ4v) is 4.94. The van der Waals surface area contributed by atoms with Crippen LogP contribution in [0.2, 0.25) is 0 Å². The molecule has 0 bridgehead atoms. The lowest BCUT2D eigenvalue weighted by Crippen LogP contribution is -2.44. The van der Waals surface area contributed by atoms with Gasteiger partial charge in [0.25, 0.3) is 5.56 Å². The van der Waals surface area contributed by atoms with E-state index in [2.05, 4.69) is 16.1 Å². The van der Waals surface area contributed by atoms with Crippen molar-refractivity contribution in [2.24, 2.45) is 12.8 Å². The van der Waals surface area contributed by atoms with E-state index in [0.717, 1.165) is 30.5 Å². The summed E-state index contributed by atoms with van der Waals surface area (Å²) >= 11 is 0.